The molecule has 2 atom stereocenters. The van der Waals surface area contributed by atoms with Gasteiger partial charge in [-0.2, -0.15) is 0 Å². The number of hydrogen-bond donors (Lipinski definition) is 2. The number of aliphatic hydroxyl groups excluding tert-OH is 2. The third kappa shape index (κ3) is 10.3. The molecule has 0 fully saturated rings. The standard InChI is InChI=1S/C42H50O14/c1-47-33-18-25(11-13-31(33)55-41(45)28-20-35(49-3)39(53-7)36(21-28)50-4)16-27(10-9-15-43)30(24-44)17-26-12-14-32(34(19-26)48-2)56-42(46)29-22-37(51-5)40(54-8)38(23-29)52-6/h11-14,18-23,27,30,43-44H,9-10,15-17,24H2,1-8H3/t27-,30+/m0/s1. The minimum atomic E-state index is -0.662. The SMILES string of the molecule is COc1cc(C[C@H](CO)[C@@H](CCCO)Cc2ccc(OC(=O)c3cc(OC)c(OC)c(OC)c3)c(OC)c2)ccc1OC(=O)c1cc(OC)c(OC)c(OC)c1. The van der Waals surface area contributed by atoms with E-state index in [2.05, 4.69) is 0 Å². The third-order valence-corrected chi connectivity index (χ3v) is 9.29. The van der Waals surface area contributed by atoms with Crippen LogP contribution < -0.4 is 47.4 Å². The molecule has 4 aromatic carbocycles. The zero-order valence-corrected chi connectivity index (χ0v) is 33.0. The van der Waals surface area contributed by atoms with Crippen LogP contribution in [0.25, 0.3) is 0 Å². The molecule has 0 unspecified atom stereocenters. The van der Waals surface area contributed by atoms with E-state index in [4.69, 9.17) is 47.4 Å². The molecule has 0 saturated carbocycles. The zero-order valence-electron chi connectivity index (χ0n) is 33.0. The lowest BCUT2D eigenvalue weighted by atomic mass is 9.80. The van der Waals surface area contributed by atoms with Gasteiger partial charge >= 0.3 is 11.9 Å². The summed E-state index contributed by atoms with van der Waals surface area (Å²) in [6, 6.07) is 16.5. The number of esters is 2. The second-order valence-corrected chi connectivity index (χ2v) is 12.6. The summed E-state index contributed by atoms with van der Waals surface area (Å²) in [6.07, 6.45) is 2.15. The Balaban J connectivity index is 1.52. The second kappa shape index (κ2) is 20.7. The minimum Gasteiger partial charge on any atom is -0.493 e. The predicted molar refractivity (Wildman–Crippen MR) is 206 cm³/mol. The molecular weight excluding hydrogens is 728 g/mol. The maximum Gasteiger partial charge on any atom is 0.343 e. The zero-order chi connectivity index (χ0) is 40.8. The quantitative estimate of drug-likeness (QED) is 0.0750. The van der Waals surface area contributed by atoms with E-state index in [0.717, 1.165) is 11.1 Å². The summed E-state index contributed by atoms with van der Waals surface area (Å²) < 4.78 is 54.8. The van der Waals surface area contributed by atoms with Gasteiger partial charge in [-0.25, -0.2) is 9.59 Å². The topological polar surface area (TPSA) is 167 Å². The van der Waals surface area contributed by atoms with Crippen molar-refractivity contribution in [2.75, 3.05) is 70.1 Å². The highest BCUT2D eigenvalue weighted by molar-refractivity contribution is 5.93. The third-order valence-electron chi connectivity index (χ3n) is 9.29. The number of carbonyl (C=O) groups is 2. The molecule has 2 N–H and O–H groups in total. The van der Waals surface area contributed by atoms with Gasteiger partial charge in [-0.3, -0.25) is 0 Å². The first-order valence-corrected chi connectivity index (χ1v) is 17.7. The number of aliphatic hydroxyl groups is 2. The first-order chi connectivity index (χ1) is 27.1. The fourth-order valence-corrected chi connectivity index (χ4v) is 6.41. The Morgan fingerprint density at radius 1 is 0.482 bits per heavy atom. The molecule has 0 aliphatic heterocycles. The fourth-order valence-electron chi connectivity index (χ4n) is 6.41. The highest BCUT2D eigenvalue weighted by Gasteiger charge is 2.25. The molecule has 0 heterocycles. The molecule has 0 bridgehead atoms. The van der Waals surface area contributed by atoms with Crippen LogP contribution in [-0.4, -0.2) is 92.2 Å². The lowest BCUT2D eigenvalue weighted by Crippen LogP contribution is -2.24. The van der Waals surface area contributed by atoms with Gasteiger partial charge in [-0.1, -0.05) is 12.1 Å². The first-order valence-electron chi connectivity index (χ1n) is 17.7. The molecule has 4 rings (SSSR count). The van der Waals surface area contributed by atoms with Crippen molar-refractivity contribution in [3.05, 3.63) is 82.9 Å². The van der Waals surface area contributed by atoms with Crippen molar-refractivity contribution >= 4 is 11.9 Å². The van der Waals surface area contributed by atoms with Crippen molar-refractivity contribution in [2.45, 2.75) is 25.7 Å². The molecule has 0 radical (unpaired) electrons. The van der Waals surface area contributed by atoms with Crippen molar-refractivity contribution in [3.63, 3.8) is 0 Å². The van der Waals surface area contributed by atoms with Crippen LogP contribution in [0.4, 0.5) is 0 Å². The van der Waals surface area contributed by atoms with Crippen molar-refractivity contribution in [2.24, 2.45) is 11.8 Å². The lowest BCUT2D eigenvalue weighted by Gasteiger charge is -2.26. The maximum absolute atomic E-state index is 13.2. The van der Waals surface area contributed by atoms with Crippen LogP contribution in [0.5, 0.6) is 57.5 Å². The van der Waals surface area contributed by atoms with Gasteiger partial charge < -0.3 is 57.6 Å². The predicted octanol–water partition coefficient (Wildman–Crippen LogP) is 5.98. The Labute approximate surface area is 326 Å². The van der Waals surface area contributed by atoms with Gasteiger partial charge in [-0.15, -0.1) is 0 Å². The van der Waals surface area contributed by atoms with Crippen LogP contribution in [0.15, 0.2) is 60.7 Å². The summed E-state index contributed by atoms with van der Waals surface area (Å²) in [5.74, 6) is 1.37. The number of methoxy groups -OCH3 is 8. The largest absolute Gasteiger partial charge is 0.493 e. The molecule has 0 saturated heterocycles. The molecule has 0 aliphatic rings. The molecule has 14 nitrogen and oxygen atoms in total. The molecular formula is C42H50O14. The van der Waals surface area contributed by atoms with E-state index in [1.807, 2.05) is 12.1 Å². The average Bonchev–Trinajstić information content (AvgIpc) is 3.23. The Morgan fingerprint density at radius 2 is 0.857 bits per heavy atom. The first kappa shape index (κ1) is 42.9. The summed E-state index contributed by atoms with van der Waals surface area (Å²) >= 11 is 0. The van der Waals surface area contributed by atoms with Gasteiger partial charge in [0.05, 0.1) is 68.0 Å². The summed E-state index contributed by atoms with van der Waals surface area (Å²) in [4.78, 5) is 26.4. The molecule has 0 spiro atoms. The number of carbonyl (C=O) groups excluding carboxylic acids is 2. The summed E-state index contributed by atoms with van der Waals surface area (Å²) in [5, 5.41) is 20.4. The van der Waals surface area contributed by atoms with E-state index in [9.17, 15) is 19.8 Å². The van der Waals surface area contributed by atoms with Crippen LogP contribution in [0.1, 0.15) is 44.7 Å². The number of hydrogen-bond acceptors (Lipinski definition) is 14. The molecule has 302 valence electrons. The molecule has 0 aliphatic carbocycles. The maximum atomic E-state index is 13.2. The molecule has 0 aromatic heterocycles. The number of rotatable bonds is 21. The summed E-state index contributed by atoms with van der Waals surface area (Å²) in [7, 11) is 11.7. The van der Waals surface area contributed by atoms with Gasteiger partial charge in [0.15, 0.2) is 46.0 Å². The van der Waals surface area contributed by atoms with Crippen LogP contribution in [0.2, 0.25) is 0 Å². The van der Waals surface area contributed by atoms with Crippen LogP contribution >= 0.6 is 0 Å². The Bertz CT molecular complexity index is 1890. The second-order valence-electron chi connectivity index (χ2n) is 12.6. The van der Waals surface area contributed by atoms with Crippen molar-refractivity contribution in [1.29, 1.82) is 0 Å². The number of benzene rings is 4. The van der Waals surface area contributed by atoms with Crippen LogP contribution in [0, 0.1) is 11.8 Å². The van der Waals surface area contributed by atoms with Gasteiger partial charge in [0.25, 0.3) is 0 Å². The highest BCUT2D eigenvalue weighted by Crippen LogP contribution is 2.41. The van der Waals surface area contributed by atoms with E-state index in [-0.39, 0.29) is 47.7 Å². The summed E-state index contributed by atoms with van der Waals surface area (Å²) in [6.45, 7) is -0.133. The van der Waals surface area contributed by atoms with Gasteiger partial charge in [0.1, 0.15) is 0 Å². The van der Waals surface area contributed by atoms with E-state index in [1.165, 1.54) is 81.1 Å². The molecule has 14 heteroatoms. The average molecular weight is 779 g/mol. The molecule has 4 aromatic rings. The lowest BCUT2D eigenvalue weighted by molar-refractivity contribution is 0.0719. The Hall–Kier alpha value is -5.86. The Morgan fingerprint density at radius 3 is 1.18 bits per heavy atom. The minimum absolute atomic E-state index is 0.00633. The van der Waals surface area contributed by atoms with Gasteiger partial charge in [0.2, 0.25) is 11.5 Å². The summed E-state index contributed by atoms with van der Waals surface area (Å²) in [5.41, 5.74) is 2.08. The van der Waals surface area contributed by atoms with Crippen molar-refractivity contribution in [1.82, 2.24) is 0 Å². The van der Waals surface area contributed by atoms with Crippen molar-refractivity contribution < 1.29 is 67.2 Å². The monoisotopic (exact) mass is 778 g/mol. The van der Waals surface area contributed by atoms with E-state index in [0.29, 0.717) is 71.7 Å². The normalized spacial score (nSPS) is 11.8. The van der Waals surface area contributed by atoms with Crippen LogP contribution in [-0.2, 0) is 12.8 Å². The van der Waals surface area contributed by atoms with E-state index >= 15 is 0 Å². The fraction of sp³-hybridized carbons (Fsp3) is 0.381. The van der Waals surface area contributed by atoms with Crippen molar-refractivity contribution in [3.8, 4) is 57.5 Å². The molecule has 56 heavy (non-hydrogen) atoms. The highest BCUT2D eigenvalue weighted by atomic mass is 16.6. The van der Waals surface area contributed by atoms with Gasteiger partial charge in [-0.05, 0) is 97.2 Å². The molecule has 0 amide bonds. The van der Waals surface area contributed by atoms with E-state index < -0.39 is 11.9 Å². The van der Waals surface area contributed by atoms with E-state index in [1.54, 1.807) is 24.3 Å². The smallest absolute Gasteiger partial charge is 0.343 e. The van der Waals surface area contributed by atoms with Gasteiger partial charge in [0, 0.05) is 13.2 Å². The van der Waals surface area contributed by atoms with Crippen LogP contribution in [0.3, 0.4) is 0 Å². The number of ether oxygens (including phenoxy) is 10. The Kier molecular flexibility index (Phi) is 15.9.